The molecule has 0 radical (unpaired) electrons. The topological polar surface area (TPSA) is 99.0 Å². The van der Waals surface area contributed by atoms with Crippen molar-refractivity contribution in [1.82, 2.24) is 9.78 Å². The third-order valence-corrected chi connectivity index (χ3v) is 3.78. The maximum Gasteiger partial charge on any atom is 0.333 e. The molecule has 0 fully saturated rings. The molecule has 3 N–H and O–H groups in total. The number of anilines is 1. The molecule has 0 aliphatic carbocycles. The van der Waals surface area contributed by atoms with Crippen LogP contribution in [0.15, 0.2) is 0 Å². The number of aromatic nitrogens is 2. The standard InChI is InChI=1S/C13H25N5O2/c1-5-8-10-11(18(19)20)12(17(4)16-10)15-9-13(14,6-2)7-3/h15H,5-9,14H2,1-4H3. The van der Waals surface area contributed by atoms with E-state index in [9.17, 15) is 10.1 Å². The van der Waals surface area contributed by atoms with E-state index < -0.39 is 0 Å². The maximum absolute atomic E-state index is 11.3. The van der Waals surface area contributed by atoms with Crippen LogP contribution < -0.4 is 11.1 Å². The molecule has 0 atom stereocenters. The summed E-state index contributed by atoms with van der Waals surface area (Å²) in [6.45, 7) is 6.51. The van der Waals surface area contributed by atoms with Crippen LogP contribution in [0.3, 0.4) is 0 Å². The number of hydrogen-bond acceptors (Lipinski definition) is 5. The molecule has 0 aliphatic heterocycles. The fraction of sp³-hybridized carbons (Fsp3) is 0.769. The molecule has 114 valence electrons. The summed E-state index contributed by atoms with van der Waals surface area (Å²) in [7, 11) is 1.71. The summed E-state index contributed by atoms with van der Waals surface area (Å²) >= 11 is 0. The Morgan fingerprint density at radius 1 is 1.40 bits per heavy atom. The molecule has 0 bridgehead atoms. The lowest BCUT2D eigenvalue weighted by Gasteiger charge is -2.27. The van der Waals surface area contributed by atoms with Crippen molar-refractivity contribution in [3.8, 4) is 0 Å². The van der Waals surface area contributed by atoms with Gasteiger partial charge in [0.15, 0.2) is 0 Å². The summed E-state index contributed by atoms with van der Waals surface area (Å²) in [5.74, 6) is 0.440. The van der Waals surface area contributed by atoms with Crippen LogP contribution in [0.2, 0.25) is 0 Å². The number of hydrogen-bond donors (Lipinski definition) is 2. The van der Waals surface area contributed by atoms with E-state index in [1.165, 1.54) is 4.68 Å². The Kier molecular flexibility index (Phi) is 5.50. The summed E-state index contributed by atoms with van der Waals surface area (Å²) in [5, 5.41) is 18.6. The lowest BCUT2D eigenvalue weighted by molar-refractivity contribution is -0.384. The summed E-state index contributed by atoms with van der Waals surface area (Å²) < 4.78 is 1.54. The number of aryl methyl sites for hydroxylation is 2. The second kappa shape index (κ2) is 6.69. The molecule has 1 aromatic heterocycles. The molecule has 0 aromatic carbocycles. The fourth-order valence-electron chi connectivity index (χ4n) is 2.12. The lowest BCUT2D eigenvalue weighted by atomic mass is 9.94. The van der Waals surface area contributed by atoms with Gasteiger partial charge in [0.1, 0.15) is 5.69 Å². The molecule has 1 heterocycles. The first kappa shape index (κ1) is 16.4. The average Bonchev–Trinajstić information content (AvgIpc) is 2.72. The average molecular weight is 283 g/mol. The maximum atomic E-state index is 11.3. The van der Waals surface area contributed by atoms with Crippen LogP contribution in [0.25, 0.3) is 0 Å². The number of rotatable bonds is 8. The van der Waals surface area contributed by atoms with Crippen LogP contribution in [0, 0.1) is 10.1 Å². The van der Waals surface area contributed by atoms with Gasteiger partial charge in [-0.3, -0.25) is 10.1 Å². The highest BCUT2D eigenvalue weighted by molar-refractivity contribution is 5.60. The molecule has 0 aliphatic rings. The molecule has 0 amide bonds. The van der Waals surface area contributed by atoms with Crippen molar-refractivity contribution in [3.63, 3.8) is 0 Å². The minimum atomic E-state index is -0.365. The highest BCUT2D eigenvalue weighted by Gasteiger charge is 2.28. The number of nitro groups is 1. The van der Waals surface area contributed by atoms with Crippen molar-refractivity contribution in [2.45, 2.75) is 52.0 Å². The Morgan fingerprint density at radius 3 is 2.45 bits per heavy atom. The van der Waals surface area contributed by atoms with Gasteiger partial charge < -0.3 is 11.1 Å². The number of nitrogens with two attached hydrogens (primary N) is 1. The van der Waals surface area contributed by atoms with Gasteiger partial charge in [0.2, 0.25) is 5.82 Å². The first-order valence-corrected chi connectivity index (χ1v) is 7.11. The van der Waals surface area contributed by atoms with Crippen molar-refractivity contribution in [1.29, 1.82) is 0 Å². The minimum Gasteiger partial charge on any atom is -0.363 e. The summed E-state index contributed by atoms with van der Waals surface area (Å²) in [4.78, 5) is 10.9. The van der Waals surface area contributed by atoms with Gasteiger partial charge in [-0.2, -0.15) is 5.10 Å². The smallest absolute Gasteiger partial charge is 0.333 e. The summed E-state index contributed by atoms with van der Waals surface area (Å²) in [5.41, 5.74) is 6.47. The fourth-order valence-corrected chi connectivity index (χ4v) is 2.12. The van der Waals surface area contributed by atoms with E-state index in [4.69, 9.17) is 5.73 Å². The van der Waals surface area contributed by atoms with Crippen LogP contribution in [0.1, 0.15) is 45.7 Å². The van der Waals surface area contributed by atoms with Crippen molar-refractivity contribution in [3.05, 3.63) is 15.8 Å². The van der Waals surface area contributed by atoms with Crippen molar-refractivity contribution in [2.24, 2.45) is 12.8 Å². The van der Waals surface area contributed by atoms with E-state index in [-0.39, 0.29) is 16.1 Å². The second-order valence-corrected chi connectivity index (χ2v) is 5.20. The number of nitrogens with zero attached hydrogens (tertiary/aromatic N) is 3. The van der Waals surface area contributed by atoms with Gasteiger partial charge in [-0.15, -0.1) is 0 Å². The Bertz CT molecular complexity index is 466. The van der Waals surface area contributed by atoms with Gasteiger partial charge in [0.25, 0.3) is 0 Å². The molecule has 7 heteroatoms. The van der Waals surface area contributed by atoms with Crippen LogP contribution in [-0.2, 0) is 13.5 Å². The highest BCUT2D eigenvalue weighted by Crippen LogP contribution is 2.29. The molecule has 0 spiro atoms. The molecule has 1 rings (SSSR count). The molecule has 1 aromatic rings. The van der Waals surface area contributed by atoms with Crippen LogP contribution in [-0.4, -0.2) is 26.8 Å². The van der Waals surface area contributed by atoms with Crippen LogP contribution in [0.5, 0.6) is 0 Å². The van der Waals surface area contributed by atoms with E-state index in [1.807, 2.05) is 20.8 Å². The van der Waals surface area contributed by atoms with Crippen molar-refractivity contribution in [2.75, 3.05) is 11.9 Å². The van der Waals surface area contributed by atoms with E-state index >= 15 is 0 Å². The molecule has 0 saturated carbocycles. The predicted octanol–water partition coefficient (Wildman–Crippen LogP) is 2.21. The second-order valence-electron chi connectivity index (χ2n) is 5.20. The molecule has 7 nitrogen and oxygen atoms in total. The quantitative estimate of drug-likeness (QED) is 0.563. The van der Waals surface area contributed by atoms with Gasteiger partial charge in [0, 0.05) is 19.1 Å². The molecule has 0 saturated heterocycles. The molecule has 0 unspecified atom stereocenters. The first-order valence-electron chi connectivity index (χ1n) is 7.11. The van der Waals surface area contributed by atoms with Crippen molar-refractivity contribution >= 4 is 11.5 Å². The Labute approximate surface area is 119 Å². The van der Waals surface area contributed by atoms with Crippen molar-refractivity contribution < 1.29 is 4.92 Å². The van der Waals surface area contributed by atoms with Gasteiger partial charge in [-0.1, -0.05) is 27.2 Å². The largest absolute Gasteiger partial charge is 0.363 e. The van der Waals surface area contributed by atoms with E-state index in [1.54, 1.807) is 7.05 Å². The zero-order chi connectivity index (χ0) is 15.3. The van der Waals surface area contributed by atoms with E-state index in [0.717, 1.165) is 19.3 Å². The molecule has 20 heavy (non-hydrogen) atoms. The zero-order valence-corrected chi connectivity index (χ0v) is 12.8. The van der Waals surface area contributed by atoms with Crippen LogP contribution >= 0.6 is 0 Å². The zero-order valence-electron chi connectivity index (χ0n) is 12.8. The van der Waals surface area contributed by atoms with E-state index in [2.05, 4.69) is 10.4 Å². The summed E-state index contributed by atoms with van der Waals surface area (Å²) in [6, 6.07) is 0. The van der Waals surface area contributed by atoms with Gasteiger partial charge in [-0.05, 0) is 19.3 Å². The first-order chi connectivity index (χ1) is 9.38. The monoisotopic (exact) mass is 283 g/mol. The third kappa shape index (κ3) is 3.47. The molecular formula is C13H25N5O2. The Balaban J connectivity index is 3.02. The minimum absolute atomic E-state index is 0.0731. The SMILES string of the molecule is CCCc1nn(C)c(NCC(N)(CC)CC)c1[N+](=O)[O-]. The Hall–Kier alpha value is -1.63. The normalized spacial score (nSPS) is 11.7. The number of nitrogens with one attached hydrogen (secondary N) is 1. The molecular weight excluding hydrogens is 258 g/mol. The lowest BCUT2D eigenvalue weighted by Crippen LogP contribution is -2.45. The predicted molar refractivity (Wildman–Crippen MR) is 79.8 cm³/mol. The Morgan fingerprint density at radius 2 is 2.00 bits per heavy atom. The summed E-state index contributed by atoms with van der Waals surface area (Å²) in [6.07, 6.45) is 3.04. The van der Waals surface area contributed by atoms with Gasteiger partial charge >= 0.3 is 5.69 Å². The highest BCUT2D eigenvalue weighted by atomic mass is 16.6. The van der Waals surface area contributed by atoms with E-state index in [0.29, 0.717) is 24.5 Å². The van der Waals surface area contributed by atoms with Gasteiger partial charge in [0.05, 0.1) is 4.92 Å². The third-order valence-electron chi connectivity index (χ3n) is 3.78. The van der Waals surface area contributed by atoms with Crippen LogP contribution in [0.4, 0.5) is 11.5 Å². The van der Waals surface area contributed by atoms with Gasteiger partial charge in [-0.25, -0.2) is 4.68 Å².